The van der Waals surface area contributed by atoms with Crippen molar-refractivity contribution in [3.05, 3.63) is 17.5 Å². The third-order valence-corrected chi connectivity index (χ3v) is 3.25. The molecule has 0 atom stereocenters. The van der Waals surface area contributed by atoms with E-state index < -0.39 is 5.97 Å². The van der Waals surface area contributed by atoms with Gasteiger partial charge in [-0.3, -0.25) is 4.79 Å². The summed E-state index contributed by atoms with van der Waals surface area (Å²) in [6.45, 7) is 0. The Balaban J connectivity index is 2.28. The smallest absolute Gasteiger partial charge is 0.307 e. The summed E-state index contributed by atoms with van der Waals surface area (Å²) in [5.74, 6) is -0.265. The molecule has 0 amide bonds. The molecule has 0 radical (unpaired) electrons. The molecule has 0 aliphatic heterocycles. The summed E-state index contributed by atoms with van der Waals surface area (Å²) >= 11 is 0. The van der Waals surface area contributed by atoms with E-state index >= 15 is 0 Å². The van der Waals surface area contributed by atoms with Crippen LogP contribution >= 0.6 is 0 Å². The predicted octanol–water partition coefficient (Wildman–Crippen LogP) is 1.73. The molecule has 0 saturated heterocycles. The highest BCUT2D eigenvalue weighted by Crippen LogP contribution is 2.33. The maximum Gasteiger partial charge on any atom is 0.307 e. The molecule has 1 aliphatic rings. The Kier molecular flexibility index (Phi) is 3.56. The van der Waals surface area contributed by atoms with Crippen molar-refractivity contribution in [3.63, 3.8) is 0 Å². The number of hydrogen-bond donors (Lipinski definition) is 2. The summed E-state index contributed by atoms with van der Waals surface area (Å²) in [7, 11) is 0. The predicted molar refractivity (Wildman–Crippen MR) is 63.6 cm³/mol. The Labute approximate surface area is 100 Å². The minimum absolute atomic E-state index is 0.0217. The van der Waals surface area contributed by atoms with Gasteiger partial charge in [-0.05, 0) is 12.8 Å². The first-order valence-electron chi connectivity index (χ1n) is 6.00. The van der Waals surface area contributed by atoms with Gasteiger partial charge < -0.3 is 10.8 Å². The summed E-state index contributed by atoms with van der Waals surface area (Å²) < 4.78 is 0. The molecule has 1 aromatic heterocycles. The Hall–Kier alpha value is -1.65. The van der Waals surface area contributed by atoms with Crippen molar-refractivity contribution in [2.24, 2.45) is 0 Å². The lowest BCUT2D eigenvalue weighted by Crippen LogP contribution is -2.14. The Morgan fingerprint density at radius 2 is 2.12 bits per heavy atom. The third kappa shape index (κ3) is 2.93. The van der Waals surface area contributed by atoms with Gasteiger partial charge in [-0.2, -0.15) is 0 Å². The van der Waals surface area contributed by atoms with Crippen LogP contribution in [-0.2, 0) is 11.2 Å². The van der Waals surface area contributed by atoms with E-state index in [0.29, 0.717) is 11.5 Å². The zero-order valence-corrected chi connectivity index (χ0v) is 9.72. The molecule has 3 N–H and O–H groups in total. The van der Waals surface area contributed by atoms with E-state index in [-0.39, 0.29) is 12.4 Å². The molecule has 1 fully saturated rings. The molecule has 2 rings (SSSR count). The molecule has 5 nitrogen and oxygen atoms in total. The normalized spacial score (nSPS) is 16.9. The molecular weight excluding hydrogens is 218 g/mol. The van der Waals surface area contributed by atoms with Crippen molar-refractivity contribution in [2.75, 3.05) is 5.73 Å². The molecule has 5 heteroatoms. The number of carboxylic acid groups (broad SMARTS) is 1. The minimum Gasteiger partial charge on any atom is -0.481 e. The summed E-state index contributed by atoms with van der Waals surface area (Å²) in [5.41, 5.74) is 7.15. The van der Waals surface area contributed by atoms with Gasteiger partial charge in [-0.25, -0.2) is 9.97 Å². The second-order valence-electron chi connectivity index (χ2n) is 4.54. The summed E-state index contributed by atoms with van der Waals surface area (Å²) in [5, 5.41) is 8.87. The molecule has 1 aliphatic carbocycles. The van der Waals surface area contributed by atoms with Crippen LogP contribution < -0.4 is 5.73 Å². The third-order valence-electron chi connectivity index (χ3n) is 3.25. The van der Waals surface area contributed by atoms with E-state index in [1.54, 1.807) is 6.20 Å². The molecule has 0 bridgehead atoms. The van der Waals surface area contributed by atoms with Gasteiger partial charge in [0.2, 0.25) is 5.95 Å². The Morgan fingerprint density at radius 3 is 2.76 bits per heavy atom. The van der Waals surface area contributed by atoms with Crippen molar-refractivity contribution >= 4 is 11.9 Å². The van der Waals surface area contributed by atoms with Crippen LogP contribution in [0.5, 0.6) is 0 Å². The largest absolute Gasteiger partial charge is 0.481 e. The van der Waals surface area contributed by atoms with Gasteiger partial charge in [0, 0.05) is 17.7 Å². The maximum atomic E-state index is 10.8. The van der Waals surface area contributed by atoms with E-state index in [9.17, 15) is 4.79 Å². The molecule has 1 saturated carbocycles. The first kappa shape index (κ1) is 11.8. The molecule has 92 valence electrons. The number of aliphatic carboxylic acids is 1. The lowest BCUT2D eigenvalue weighted by Gasteiger charge is -2.22. The Bertz CT molecular complexity index is 414. The number of hydrogen-bond acceptors (Lipinski definition) is 4. The van der Waals surface area contributed by atoms with E-state index in [2.05, 4.69) is 9.97 Å². The molecule has 0 unspecified atom stereocenters. The van der Waals surface area contributed by atoms with E-state index in [1.807, 2.05) is 0 Å². The summed E-state index contributed by atoms with van der Waals surface area (Å²) in [6.07, 6.45) is 7.30. The SMILES string of the molecule is Nc1ncc(CC(=O)O)c(C2CCCCC2)n1. The van der Waals surface area contributed by atoms with Gasteiger partial charge in [0.05, 0.1) is 12.1 Å². The molecular formula is C12H17N3O2. The maximum absolute atomic E-state index is 10.8. The lowest BCUT2D eigenvalue weighted by atomic mass is 9.85. The standard InChI is InChI=1S/C12H17N3O2/c13-12-14-7-9(6-10(16)17)11(15-12)8-4-2-1-3-5-8/h7-8H,1-6H2,(H,16,17)(H2,13,14,15). The van der Waals surface area contributed by atoms with E-state index in [0.717, 1.165) is 18.5 Å². The first-order chi connectivity index (χ1) is 8.16. The number of anilines is 1. The zero-order chi connectivity index (χ0) is 12.3. The van der Waals surface area contributed by atoms with Gasteiger partial charge in [0.25, 0.3) is 0 Å². The topological polar surface area (TPSA) is 89.1 Å². The van der Waals surface area contributed by atoms with Crippen molar-refractivity contribution in [1.82, 2.24) is 9.97 Å². The van der Waals surface area contributed by atoms with Gasteiger partial charge in [0.1, 0.15) is 0 Å². The van der Waals surface area contributed by atoms with Gasteiger partial charge in [-0.15, -0.1) is 0 Å². The Morgan fingerprint density at radius 1 is 1.41 bits per heavy atom. The monoisotopic (exact) mass is 235 g/mol. The second-order valence-corrected chi connectivity index (χ2v) is 4.54. The number of aromatic nitrogens is 2. The fourth-order valence-electron chi connectivity index (χ4n) is 2.46. The highest BCUT2D eigenvalue weighted by atomic mass is 16.4. The molecule has 17 heavy (non-hydrogen) atoms. The highest BCUT2D eigenvalue weighted by molar-refractivity contribution is 5.70. The highest BCUT2D eigenvalue weighted by Gasteiger charge is 2.21. The van der Waals surface area contributed by atoms with E-state index in [1.165, 1.54) is 19.3 Å². The summed E-state index contributed by atoms with van der Waals surface area (Å²) in [4.78, 5) is 18.9. The number of carboxylic acids is 1. The number of carbonyl (C=O) groups is 1. The number of nitrogens with two attached hydrogens (primary N) is 1. The van der Waals surface area contributed by atoms with Crippen LogP contribution in [0.3, 0.4) is 0 Å². The lowest BCUT2D eigenvalue weighted by molar-refractivity contribution is -0.136. The average Bonchev–Trinajstić information content (AvgIpc) is 2.32. The zero-order valence-electron chi connectivity index (χ0n) is 9.72. The number of rotatable bonds is 3. The van der Waals surface area contributed by atoms with Crippen LogP contribution in [0.4, 0.5) is 5.95 Å². The van der Waals surface area contributed by atoms with Gasteiger partial charge in [-0.1, -0.05) is 19.3 Å². The van der Waals surface area contributed by atoms with Crippen molar-refractivity contribution in [2.45, 2.75) is 44.4 Å². The van der Waals surface area contributed by atoms with E-state index in [4.69, 9.17) is 10.8 Å². The minimum atomic E-state index is -0.851. The van der Waals surface area contributed by atoms with Crippen LogP contribution in [0.15, 0.2) is 6.20 Å². The van der Waals surface area contributed by atoms with Crippen molar-refractivity contribution in [1.29, 1.82) is 0 Å². The number of nitrogens with zero attached hydrogens (tertiary/aromatic N) is 2. The molecule has 0 spiro atoms. The number of nitrogen functional groups attached to an aromatic ring is 1. The van der Waals surface area contributed by atoms with Crippen molar-refractivity contribution < 1.29 is 9.90 Å². The first-order valence-corrected chi connectivity index (χ1v) is 6.00. The molecule has 0 aromatic carbocycles. The van der Waals surface area contributed by atoms with Crippen molar-refractivity contribution in [3.8, 4) is 0 Å². The van der Waals surface area contributed by atoms with Crippen LogP contribution in [0.25, 0.3) is 0 Å². The van der Waals surface area contributed by atoms with Gasteiger partial charge in [0.15, 0.2) is 0 Å². The average molecular weight is 235 g/mol. The fourth-order valence-corrected chi connectivity index (χ4v) is 2.46. The second kappa shape index (κ2) is 5.12. The van der Waals surface area contributed by atoms with Crippen LogP contribution in [-0.4, -0.2) is 21.0 Å². The van der Waals surface area contributed by atoms with Crippen LogP contribution in [0.1, 0.15) is 49.3 Å². The van der Waals surface area contributed by atoms with Gasteiger partial charge >= 0.3 is 5.97 Å². The molecule has 1 aromatic rings. The van der Waals surface area contributed by atoms with Crippen LogP contribution in [0.2, 0.25) is 0 Å². The fraction of sp³-hybridized carbons (Fsp3) is 0.583. The quantitative estimate of drug-likeness (QED) is 0.832. The van der Waals surface area contributed by atoms with Crippen LogP contribution in [0, 0.1) is 0 Å². The molecule has 1 heterocycles. The summed E-state index contributed by atoms with van der Waals surface area (Å²) in [6, 6.07) is 0.